The Morgan fingerprint density at radius 1 is 0.812 bits per heavy atom. The second-order valence-electron chi connectivity index (χ2n) is 6.36. The minimum absolute atomic E-state index is 0. The minimum Gasteiger partial charge on any atom is -0.505 e. The summed E-state index contributed by atoms with van der Waals surface area (Å²) in [6.07, 6.45) is 0. The number of halogens is 6. The van der Waals surface area contributed by atoms with Crippen molar-refractivity contribution in [1.82, 2.24) is 0 Å². The number of phenolic OH excluding ortho intramolecular Hbond substituents is 2. The fraction of sp³-hybridized carbons (Fsp3) is 0. The van der Waals surface area contributed by atoms with Gasteiger partial charge in [0.25, 0.3) is 0 Å². The zero-order valence-electron chi connectivity index (χ0n) is 15.7. The summed E-state index contributed by atoms with van der Waals surface area (Å²) < 4.78 is 37.1. The molecule has 0 atom stereocenters. The van der Waals surface area contributed by atoms with Crippen LogP contribution >= 0.6 is 90.4 Å². The smallest absolute Gasteiger partial charge is 0.505 e. The molecular formula is C20H7F2I4NaO5+2. The summed E-state index contributed by atoms with van der Waals surface area (Å²) in [5.41, 5.74) is -0.853. The minimum atomic E-state index is -1.62. The van der Waals surface area contributed by atoms with Gasteiger partial charge >= 0.3 is 46.7 Å². The molecule has 32 heavy (non-hydrogen) atoms. The van der Waals surface area contributed by atoms with E-state index in [1.54, 1.807) is 0 Å². The van der Waals surface area contributed by atoms with Crippen LogP contribution in [0.5, 0.6) is 11.5 Å². The number of carbonyl (C=O) groups is 1. The van der Waals surface area contributed by atoms with Crippen LogP contribution in [0.25, 0.3) is 33.1 Å². The van der Waals surface area contributed by atoms with Crippen molar-refractivity contribution in [3.8, 4) is 22.6 Å². The number of carboxylic acid groups (broad SMARTS) is 1. The Kier molecular flexibility index (Phi) is 8.40. The zero-order chi connectivity index (χ0) is 22.8. The van der Waals surface area contributed by atoms with Gasteiger partial charge in [0.2, 0.25) is 0 Å². The molecule has 3 aromatic carbocycles. The van der Waals surface area contributed by atoms with Crippen molar-refractivity contribution in [2.75, 3.05) is 0 Å². The van der Waals surface area contributed by atoms with E-state index in [1.165, 1.54) is 12.1 Å². The molecule has 1 aromatic heterocycles. The van der Waals surface area contributed by atoms with Crippen LogP contribution in [0.1, 0.15) is 10.4 Å². The molecule has 4 rings (SSSR count). The maximum absolute atomic E-state index is 15.1. The summed E-state index contributed by atoms with van der Waals surface area (Å²) in [5, 5.41) is 31.0. The quantitative estimate of drug-likeness (QED) is 0.121. The van der Waals surface area contributed by atoms with Gasteiger partial charge in [0.1, 0.15) is 17.2 Å². The van der Waals surface area contributed by atoms with E-state index < -0.39 is 28.7 Å². The number of aromatic hydroxyl groups is 2. The maximum atomic E-state index is 15.1. The molecule has 12 heteroatoms. The van der Waals surface area contributed by atoms with Crippen molar-refractivity contribution < 1.29 is 62.9 Å². The van der Waals surface area contributed by atoms with Gasteiger partial charge in [0, 0.05) is 11.1 Å². The van der Waals surface area contributed by atoms with E-state index in [2.05, 4.69) is 0 Å². The third kappa shape index (κ3) is 4.31. The van der Waals surface area contributed by atoms with Crippen LogP contribution in [0.3, 0.4) is 0 Å². The molecular weight excluding hydrogens is 889 g/mol. The summed E-state index contributed by atoms with van der Waals surface area (Å²) >= 11 is 7.51. The van der Waals surface area contributed by atoms with Gasteiger partial charge in [-0.3, -0.25) is 0 Å². The first kappa shape index (κ1) is 26.8. The molecule has 0 amide bonds. The Balaban J connectivity index is 0.00000289. The third-order valence-corrected chi connectivity index (χ3v) is 8.25. The van der Waals surface area contributed by atoms with E-state index in [-0.39, 0.29) is 57.8 Å². The third-order valence-electron chi connectivity index (χ3n) is 4.61. The molecule has 0 saturated heterocycles. The predicted molar refractivity (Wildman–Crippen MR) is 145 cm³/mol. The molecule has 0 saturated carbocycles. The largest absolute Gasteiger partial charge is 1.00 e. The second kappa shape index (κ2) is 10.0. The molecule has 0 spiro atoms. The average molecular weight is 896 g/mol. The van der Waals surface area contributed by atoms with Crippen molar-refractivity contribution in [2.24, 2.45) is 0 Å². The Morgan fingerprint density at radius 3 is 1.69 bits per heavy atom. The summed E-state index contributed by atoms with van der Waals surface area (Å²) in [6.45, 7) is 0. The van der Waals surface area contributed by atoms with Gasteiger partial charge in [-0.1, -0.05) is 0 Å². The second-order valence-corrected chi connectivity index (χ2v) is 10.8. The Labute approximate surface area is 255 Å². The Bertz CT molecular complexity index is 1390. The first-order chi connectivity index (χ1) is 14.5. The number of hydrogen-bond acceptors (Lipinski definition) is 3. The number of carboxylic acids is 1. The zero-order valence-corrected chi connectivity index (χ0v) is 26.4. The molecule has 4 aromatic rings. The van der Waals surface area contributed by atoms with E-state index in [0.717, 1.165) is 12.1 Å². The monoisotopic (exact) mass is 896 g/mol. The topological polar surface area (TPSA) is 89.1 Å². The molecule has 0 bridgehead atoms. The summed E-state index contributed by atoms with van der Waals surface area (Å²) in [7, 11) is 0. The van der Waals surface area contributed by atoms with Gasteiger partial charge in [-0.2, -0.15) is 0 Å². The number of rotatable bonds is 2. The van der Waals surface area contributed by atoms with Crippen molar-refractivity contribution in [1.29, 1.82) is 0 Å². The molecule has 158 valence electrons. The fourth-order valence-corrected chi connectivity index (χ4v) is 6.85. The Hall–Kier alpha value is 0.180. The van der Waals surface area contributed by atoms with E-state index in [4.69, 9.17) is 4.42 Å². The number of benzene rings is 3. The molecule has 5 nitrogen and oxygen atoms in total. The number of hydrogen-bond donors (Lipinski definition) is 3. The standard InChI is InChI=1S/C20H6F2I4O5.Na/c21-7-1-2-8(22)13(20(29)30)12(7)11-5-3-9(23)16(27)14(25)18(5)31-19-6(11)4-10(24)17(28)15(19)26;/h1-4H,(H2-,27,28,29,30);/q;+1/p+1. The first-order valence-electron chi connectivity index (χ1n) is 8.23. The van der Waals surface area contributed by atoms with E-state index in [0.29, 0.717) is 25.1 Å². The van der Waals surface area contributed by atoms with Crippen LogP contribution < -0.4 is 29.6 Å². The predicted octanol–water partition coefficient (Wildman–Crippen LogP) is 4.34. The number of fused-ring (bicyclic) bond motifs is 2. The molecule has 1 heterocycles. The van der Waals surface area contributed by atoms with Gasteiger partial charge in [-0.05, 0) is 115 Å². The van der Waals surface area contributed by atoms with Crippen LogP contribution in [-0.4, -0.2) is 21.3 Å². The SMILES string of the molecule is O=C(O)c1c(F)ccc(F)c1-c1c2cc(I)c(O)c(I)c2[o+]c2c(I)c(O)c(I)cc12.[Na+]. The first-order valence-corrected chi connectivity index (χ1v) is 12.5. The van der Waals surface area contributed by atoms with Crippen molar-refractivity contribution in [3.63, 3.8) is 0 Å². The average Bonchev–Trinajstić information content (AvgIpc) is 2.71. The van der Waals surface area contributed by atoms with Crippen LogP contribution in [0.2, 0.25) is 0 Å². The fourth-order valence-electron chi connectivity index (χ4n) is 3.28. The van der Waals surface area contributed by atoms with Gasteiger partial charge < -0.3 is 15.3 Å². The van der Waals surface area contributed by atoms with E-state index in [9.17, 15) is 24.5 Å². The van der Waals surface area contributed by atoms with Crippen molar-refractivity contribution >= 4 is 118 Å². The molecule has 0 aliphatic rings. The normalized spacial score (nSPS) is 11.1. The number of aromatic carboxylic acids is 1. The summed E-state index contributed by atoms with van der Waals surface area (Å²) in [5.74, 6) is -3.77. The summed E-state index contributed by atoms with van der Waals surface area (Å²) in [4.78, 5) is 11.9. The van der Waals surface area contributed by atoms with Gasteiger partial charge in [0.05, 0.1) is 17.9 Å². The molecule has 0 aliphatic heterocycles. The van der Waals surface area contributed by atoms with Crippen molar-refractivity contribution in [3.05, 3.63) is 55.7 Å². The van der Waals surface area contributed by atoms with E-state index >= 15 is 4.39 Å². The summed E-state index contributed by atoms with van der Waals surface area (Å²) in [6, 6.07) is 4.67. The molecule has 0 radical (unpaired) electrons. The van der Waals surface area contributed by atoms with Crippen LogP contribution in [0, 0.1) is 25.9 Å². The van der Waals surface area contributed by atoms with Crippen LogP contribution in [0.4, 0.5) is 8.78 Å². The van der Waals surface area contributed by atoms with Gasteiger partial charge in [0.15, 0.2) is 18.6 Å². The molecule has 0 unspecified atom stereocenters. The maximum Gasteiger partial charge on any atom is 1.00 e. The molecule has 0 fully saturated rings. The van der Waals surface area contributed by atoms with Gasteiger partial charge in [-0.25, -0.2) is 18.0 Å². The molecule has 3 N–H and O–H groups in total. The Morgan fingerprint density at radius 2 is 1.25 bits per heavy atom. The number of phenols is 2. The van der Waals surface area contributed by atoms with Crippen LogP contribution in [0.15, 0.2) is 28.7 Å². The van der Waals surface area contributed by atoms with E-state index in [1.807, 2.05) is 90.4 Å². The van der Waals surface area contributed by atoms with Gasteiger partial charge in [-0.15, -0.1) is 0 Å². The van der Waals surface area contributed by atoms with Crippen LogP contribution in [-0.2, 0) is 0 Å². The van der Waals surface area contributed by atoms with Crippen molar-refractivity contribution in [2.45, 2.75) is 0 Å². The molecule has 0 aliphatic carbocycles.